The second-order valence-electron chi connectivity index (χ2n) is 6.61. The Hall–Kier alpha value is -2.37. The van der Waals surface area contributed by atoms with E-state index in [4.69, 9.17) is 5.73 Å². The Bertz CT molecular complexity index is 780. The lowest BCUT2D eigenvalue weighted by Gasteiger charge is -2.14. The lowest BCUT2D eigenvalue weighted by atomic mass is 10.1. The lowest BCUT2D eigenvalue weighted by Crippen LogP contribution is -2.23. The first kappa shape index (κ1) is 19.9. The highest BCUT2D eigenvalue weighted by atomic mass is 35.5. The predicted octanol–water partition coefficient (Wildman–Crippen LogP) is 3.74. The molecule has 1 aliphatic rings. The molecule has 2 unspecified atom stereocenters. The minimum atomic E-state index is -0.177. The molecule has 26 heavy (non-hydrogen) atoms. The number of benzene rings is 2. The molecular formula is C20H24ClN3O2. The number of anilines is 2. The molecule has 2 atom stereocenters. The largest absolute Gasteiger partial charge is 0.328 e. The SMILES string of the molecule is Cc1ccc(NC(=O)c2ccccc2)cc1NC(=O)C1CCC(N)C1.Cl. The van der Waals surface area contributed by atoms with Gasteiger partial charge in [-0.05, 0) is 56.0 Å². The van der Waals surface area contributed by atoms with Crippen molar-refractivity contribution in [2.75, 3.05) is 10.6 Å². The molecule has 6 heteroatoms. The fraction of sp³-hybridized carbons (Fsp3) is 0.300. The van der Waals surface area contributed by atoms with Gasteiger partial charge in [0.15, 0.2) is 0 Å². The van der Waals surface area contributed by atoms with Crippen LogP contribution in [0.5, 0.6) is 0 Å². The summed E-state index contributed by atoms with van der Waals surface area (Å²) >= 11 is 0. The van der Waals surface area contributed by atoms with Crippen molar-refractivity contribution in [3.05, 3.63) is 59.7 Å². The van der Waals surface area contributed by atoms with Gasteiger partial charge in [0.25, 0.3) is 5.91 Å². The molecular weight excluding hydrogens is 350 g/mol. The maximum absolute atomic E-state index is 12.4. The number of amides is 2. The van der Waals surface area contributed by atoms with E-state index in [-0.39, 0.29) is 36.2 Å². The normalized spacial score (nSPS) is 18.7. The molecule has 2 amide bonds. The lowest BCUT2D eigenvalue weighted by molar-refractivity contribution is -0.119. The number of carbonyl (C=O) groups excluding carboxylic acids is 2. The summed E-state index contributed by atoms with van der Waals surface area (Å²) in [5.41, 5.74) is 8.81. The van der Waals surface area contributed by atoms with Crippen molar-refractivity contribution in [2.24, 2.45) is 11.7 Å². The zero-order valence-electron chi connectivity index (χ0n) is 14.7. The number of aryl methyl sites for hydroxylation is 1. The molecule has 138 valence electrons. The molecule has 0 aromatic heterocycles. The van der Waals surface area contributed by atoms with Crippen molar-refractivity contribution in [1.29, 1.82) is 0 Å². The molecule has 1 saturated carbocycles. The summed E-state index contributed by atoms with van der Waals surface area (Å²) in [6.07, 6.45) is 2.45. The molecule has 5 nitrogen and oxygen atoms in total. The third kappa shape index (κ3) is 4.84. The molecule has 0 saturated heterocycles. The smallest absolute Gasteiger partial charge is 0.255 e. The van der Waals surface area contributed by atoms with Crippen LogP contribution in [0.2, 0.25) is 0 Å². The summed E-state index contributed by atoms with van der Waals surface area (Å²) in [6, 6.07) is 14.7. The fourth-order valence-corrected chi connectivity index (χ4v) is 3.12. The van der Waals surface area contributed by atoms with E-state index >= 15 is 0 Å². The van der Waals surface area contributed by atoms with Gasteiger partial charge < -0.3 is 16.4 Å². The van der Waals surface area contributed by atoms with Crippen LogP contribution in [-0.4, -0.2) is 17.9 Å². The minimum absolute atomic E-state index is 0. The number of hydrogen-bond donors (Lipinski definition) is 3. The molecule has 2 aromatic rings. The standard InChI is InChI=1S/C20H23N3O2.ClH/c1-13-7-10-17(22-19(24)14-5-3-2-4-6-14)12-18(13)23-20(25)15-8-9-16(21)11-15;/h2-7,10,12,15-16H,8-9,11,21H2,1H3,(H,22,24)(H,23,25);1H. The first-order valence-corrected chi connectivity index (χ1v) is 8.56. The summed E-state index contributed by atoms with van der Waals surface area (Å²) in [7, 11) is 0. The van der Waals surface area contributed by atoms with Gasteiger partial charge in [0.1, 0.15) is 0 Å². The van der Waals surface area contributed by atoms with Crippen molar-refractivity contribution in [1.82, 2.24) is 0 Å². The van der Waals surface area contributed by atoms with Crippen LogP contribution in [0.15, 0.2) is 48.5 Å². The second-order valence-corrected chi connectivity index (χ2v) is 6.61. The number of halogens is 1. The monoisotopic (exact) mass is 373 g/mol. The topological polar surface area (TPSA) is 84.2 Å². The van der Waals surface area contributed by atoms with Gasteiger partial charge in [-0.1, -0.05) is 24.3 Å². The van der Waals surface area contributed by atoms with E-state index in [1.54, 1.807) is 18.2 Å². The molecule has 1 aliphatic carbocycles. The number of hydrogen-bond acceptors (Lipinski definition) is 3. The molecule has 0 radical (unpaired) electrons. The zero-order valence-corrected chi connectivity index (χ0v) is 15.5. The van der Waals surface area contributed by atoms with E-state index in [9.17, 15) is 9.59 Å². The van der Waals surface area contributed by atoms with Crippen LogP contribution in [0.25, 0.3) is 0 Å². The molecule has 0 spiro atoms. The average Bonchev–Trinajstić information content (AvgIpc) is 3.05. The maximum atomic E-state index is 12.4. The third-order valence-corrected chi connectivity index (χ3v) is 4.63. The summed E-state index contributed by atoms with van der Waals surface area (Å²) in [5, 5.41) is 5.85. The highest BCUT2D eigenvalue weighted by Gasteiger charge is 2.28. The molecule has 0 heterocycles. The van der Waals surface area contributed by atoms with Gasteiger partial charge in [0.05, 0.1) is 0 Å². The quantitative estimate of drug-likeness (QED) is 0.763. The van der Waals surface area contributed by atoms with Gasteiger partial charge in [0, 0.05) is 28.9 Å². The van der Waals surface area contributed by atoms with Gasteiger partial charge in [-0.2, -0.15) is 0 Å². The summed E-state index contributed by atoms with van der Waals surface area (Å²) < 4.78 is 0. The first-order chi connectivity index (χ1) is 12.0. The van der Waals surface area contributed by atoms with Crippen LogP contribution in [0.3, 0.4) is 0 Å². The molecule has 2 aromatic carbocycles. The van der Waals surface area contributed by atoms with Gasteiger partial charge in [-0.25, -0.2) is 0 Å². The van der Waals surface area contributed by atoms with Crippen LogP contribution >= 0.6 is 12.4 Å². The summed E-state index contributed by atoms with van der Waals surface area (Å²) in [4.78, 5) is 24.7. The van der Waals surface area contributed by atoms with Crippen LogP contribution < -0.4 is 16.4 Å². The Morgan fingerprint density at radius 3 is 2.42 bits per heavy atom. The van der Waals surface area contributed by atoms with Crippen molar-refractivity contribution in [2.45, 2.75) is 32.2 Å². The molecule has 0 aliphatic heterocycles. The highest BCUT2D eigenvalue weighted by Crippen LogP contribution is 2.27. The highest BCUT2D eigenvalue weighted by molar-refractivity contribution is 6.04. The molecule has 1 fully saturated rings. The van der Waals surface area contributed by atoms with Crippen LogP contribution in [-0.2, 0) is 4.79 Å². The van der Waals surface area contributed by atoms with E-state index in [2.05, 4.69) is 10.6 Å². The van der Waals surface area contributed by atoms with Crippen molar-refractivity contribution in [3.8, 4) is 0 Å². The van der Waals surface area contributed by atoms with Gasteiger partial charge in [-0.3, -0.25) is 9.59 Å². The zero-order chi connectivity index (χ0) is 17.8. The predicted molar refractivity (Wildman–Crippen MR) is 107 cm³/mol. The second kappa shape index (κ2) is 8.83. The molecule has 0 bridgehead atoms. The fourth-order valence-electron chi connectivity index (χ4n) is 3.12. The van der Waals surface area contributed by atoms with Crippen LogP contribution in [0.4, 0.5) is 11.4 Å². The van der Waals surface area contributed by atoms with E-state index < -0.39 is 0 Å². The Labute approximate surface area is 159 Å². The van der Waals surface area contributed by atoms with Gasteiger partial charge >= 0.3 is 0 Å². The number of nitrogens with one attached hydrogen (secondary N) is 2. The maximum Gasteiger partial charge on any atom is 0.255 e. The first-order valence-electron chi connectivity index (χ1n) is 8.56. The Morgan fingerprint density at radius 2 is 1.77 bits per heavy atom. The Morgan fingerprint density at radius 1 is 1.04 bits per heavy atom. The third-order valence-electron chi connectivity index (χ3n) is 4.63. The van der Waals surface area contributed by atoms with Crippen molar-refractivity contribution >= 4 is 35.6 Å². The Balaban J connectivity index is 0.00000243. The van der Waals surface area contributed by atoms with E-state index in [1.807, 2.05) is 37.3 Å². The van der Waals surface area contributed by atoms with Gasteiger partial charge in [-0.15, -0.1) is 12.4 Å². The average molecular weight is 374 g/mol. The molecule has 4 N–H and O–H groups in total. The van der Waals surface area contributed by atoms with Crippen LogP contribution in [0, 0.1) is 12.8 Å². The Kier molecular flexibility index (Phi) is 6.77. The summed E-state index contributed by atoms with van der Waals surface area (Å²) in [6.45, 7) is 1.93. The number of rotatable bonds is 4. The minimum Gasteiger partial charge on any atom is -0.328 e. The van der Waals surface area contributed by atoms with Crippen LogP contribution in [0.1, 0.15) is 35.2 Å². The van der Waals surface area contributed by atoms with E-state index in [1.165, 1.54) is 0 Å². The van der Waals surface area contributed by atoms with Gasteiger partial charge in [0.2, 0.25) is 5.91 Å². The molecule has 3 rings (SSSR count). The van der Waals surface area contributed by atoms with Crippen molar-refractivity contribution < 1.29 is 9.59 Å². The van der Waals surface area contributed by atoms with E-state index in [0.29, 0.717) is 11.3 Å². The number of nitrogens with two attached hydrogens (primary N) is 1. The van der Waals surface area contributed by atoms with E-state index in [0.717, 1.165) is 30.5 Å². The number of carbonyl (C=O) groups is 2. The van der Waals surface area contributed by atoms with Crippen molar-refractivity contribution in [3.63, 3.8) is 0 Å². The summed E-state index contributed by atoms with van der Waals surface area (Å²) in [5.74, 6) is -0.206.